The van der Waals surface area contributed by atoms with Crippen molar-refractivity contribution in [1.82, 2.24) is 0 Å². The fraction of sp³-hybridized carbons (Fsp3) is 0.850. The molecular weight excluding hydrogens is 320 g/mol. The molecule has 0 fully saturated rings. The van der Waals surface area contributed by atoms with Crippen LogP contribution in [0.25, 0.3) is 0 Å². The van der Waals surface area contributed by atoms with Gasteiger partial charge in [-0.2, -0.15) is 0 Å². The van der Waals surface area contributed by atoms with Crippen molar-refractivity contribution in [1.29, 1.82) is 0 Å². The van der Waals surface area contributed by atoms with E-state index in [1.165, 1.54) is 25.7 Å². The van der Waals surface area contributed by atoms with Crippen molar-refractivity contribution in [2.24, 2.45) is 5.92 Å². The number of unbranched alkanes of at least 4 members (excludes halogenated alkanes) is 4. The Labute approximate surface area is 153 Å². The lowest BCUT2D eigenvalue weighted by Gasteiger charge is -2.32. The number of aliphatic hydroxyl groups excluding tert-OH is 1. The minimum atomic E-state index is -1.07. The third kappa shape index (κ3) is 9.50. The summed E-state index contributed by atoms with van der Waals surface area (Å²) < 4.78 is 16.2. The number of hydrogen-bond acceptors (Lipinski definition) is 5. The largest absolute Gasteiger partial charge is 0.385 e. The summed E-state index contributed by atoms with van der Waals surface area (Å²) in [6.07, 6.45) is 7.73. The molecule has 0 amide bonds. The number of aliphatic hydroxyl groups is 1. The monoisotopic (exact) mass is 358 g/mol. The van der Waals surface area contributed by atoms with Crippen LogP contribution in [0.15, 0.2) is 12.2 Å². The second-order valence-corrected chi connectivity index (χ2v) is 6.81. The molecule has 2 unspecified atom stereocenters. The first-order valence-electron chi connectivity index (χ1n) is 9.39. The van der Waals surface area contributed by atoms with Crippen LogP contribution in [-0.2, 0) is 19.0 Å². The van der Waals surface area contributed by atoms with E-state index >= 15 is 0 Å². The molecule has 0 saturated carbocycles. The second kappa shape index (κ2) is 13.5. The quantitative estimate of drug-likeness (QED) is 0.254. The Hall–Kier alpha value is -0.750. The van der Waals surface area contributed by atoms with Gasteiger partial charge in [-0.25, -0.2) is 0 Å². The Morgan fingerprint density at radius 2 is 1.56 bits per heavy atom. The van der Waals surface area contributed by atoms with Gasteiger partial charge in [-0.1, -0.05) is 52.0 Å². The van der Waals surface area contributed by atoms with Crippen molar-refractivity contribution in [3.05, 3.63) is 12.2 Å². The molecule has 148 valence electrons. The van der Waals surface area contributed by atoms with Crippen LogP contribution in [0.5, 0.6) is 0 Å². The van der Waals surface area contributed by atoms with E-state index in [2.05, 4.69) is 13.5 Å². The SMILES string of the molecule is C=C(C)C(=O)C(O)CCC(CCCCCCC)CC(OC)(OC)OC. The zero-order chi connectivity index (χ0) is 19.3. The number of carbonyl (C=O) groups is 1. The van der Waals surface area contributed by atoms with Gasteiger partial charge in [0.05, 0.1) is 0 Å². The predicted octanol–water partition coefficient (Wildman–Crippen LogP) is 4.23. The lowest BCUT2D eigenvalue weighted by atomic mass is 9.89. The highest BCUT2D eigenvalue weighted by molar-refractivity contribution is 5.97. The van der Waals surface area contributed by atoms with E-state index in [-0.39, 0.29) is 11.7 Å². The topological polar surface area (TPSA) is 65.0 Å². The lowest BCUT2D eigenvalue weighted by molar-refractivity contribution is -0.359. The molecule has 0 aliphatic rings. The molecule has 0 aromatic heterocycles. The Balaban J connectivity index is 4.70. The fourth-order valence-corrected chi connectivity index (χ4v) is 3.05. The maximum absolute atomic E-state index is 11.8. The first-order chi connectivity index (χ1) is 11.9. The Morgan fingerprint density at radius 3 is 2.04 bits per heavy atom. The summed E-state index contributed by atoms with van der Waals surface area (Å²) in [6.45, 7) is 7.44. The summed E-state index contributed by atoms with van der Waals surface area (Å²) >= 11 is 0. The molecule has 0 heterocycles. The number of ketones is 1. The van der Waals surface area contributed by atoms with Gasteiger partial charge < -0.3 is 19.3 Å². The van der Waals surface area contributed by atoms with Crippen molar-refractivity contribution in [2.75, 3.05) is 21.3 Å². The standard InChI is InChI=1S/C20H38O5/c1-7-8-9-10-11-12-17(15-20(23-4,24-5)25-6)13-14-18(21)19(22)16(2)3/h17-18,21H,2,7-15H2,1,3-6H3. The van der Waals surface area contributed by atoms with Crippen molar-refractivity contribution in [2.45, 2.75) is 83.7 Å². The number of rotatable bonds is 16. The highest BCUT2D eigenvalue weighted by Gasteiger charge is 2.33. The summed E-state index contributed by atoms with van der Waals surface area (Å²) in [5, 5.41) is 10.0. The molecule has 0 aromatic carbocycles. The van der Waals surface area contributed by atoms with Crippen molar-refractivity contribution >= 4 is 5.78 Å². The third-order valence-electron chi connectivity index (χ3n) is 4.76. The minimum Gasteiger partial charge on any atom is -0.385 e. The van der Waals surface area contributed by atoms with Crippen LogP contribution in [0.3, 0.4) is 0 Å². The molecule has 5 heteroatoms. The van der Waals surface area contributed by atoms with Crippen LogP contribution < -0.4 is 0 Å². The molecule has 0 radical (unpaired) electrons. The van der Waals surface area contributed by atoms with Crippen LogP contribution >= 0.6 is 0 Å². The van der Waals surface area contributed by atoms with E-state index in [0.717, 1.165) is 12.8 Å². The van der Waals surface area contributed by atoms with Crippen LogP contribution in [0.1, 0.15) is 71.6 Å². The molecule has 0 aliphatic carbocycles. The minimum absolute atomic E-state index is 0.244. The summed E-state index contributed by atoms with van der Waals surface area (Å²) in [4.78, 5) is 11.8. The van der Waals surface area contributed by atoms with Crippen LogP contribution in [-0.4, -0.2) is 44.3 Å². The Morgan fingerprint density at radius 1 is 1.00 bits per heavy atom. The normalized spacial score (nSPS) is 14.3. The summed E-state index contributed by atoms with van der Waals surface area (Å²) in [5.41, 5.74) is 0.392. The van der Waals surface area contributed by atoms with Crippen molar-refractivity contribution in [3.8, 4) is 0 Å². The number of carbonyl (C=O) groups excluding carboxylic acids is 1. The molecule has 0 bridgehead atoms. The molecule has 0 aliphatic heterocycles. The Bertz CT molecular complexity index is 368. The van der Waals surface area contributed by atoms with E-state index in [1.54, 1.807) is 28.3 Å². The van der Waals surface area contributed by atoms with Crippen molar-refractivity contribution < 1.29 is 24.1 Å². The second-order valence-electron chi connectivity index (χ2n) is 6.81. The van der Waals surface area contributed by atoms with Gasteiger partial charge in [0.1, 0.15) is 6.10 Å². The summed E-state index contributed by atoms with van der Waals surface area (Å²) in [6, 6.07) is 0. The number of hydrogen-bond donors (Lipinski definition) is 1. The molecular formula is C20H38O5. The van der Waals surface area contributed by atoms with Gasteiger partial charge in [0.2, 0.25) is 0 Å². The average molecular weight is 359 g/mol. The predicted molar refractivity (Wildman–Crippen MR) is 100 cm³/mol. The molecule has 5 nitrogen and oxygen atoms in total. The van der Waals surface area contributed by atoms with E-state index in [9.17, 15) is 9.90 Å². The van der Waals surface area contributed by atoms with Crippen LogP contribution in [0.4, 0.5) is 0 Å². The van der Waals surface area contributed by atoms with Gasteiger partial charge in [-0.05, 0) is 31.3 Å². The smallest absolute Gasteiger partial charge is 0.282 e. The first kappa shape index (κ1) is 24.2. The maximum Gasteiger partial charge on any atom is 0.282 e. The first-order valence-corrected chi connectivity index (χ1v) is 9.39. The molecule has 0 rings (SSSR count). The third-order valence-corrected chi connectivity index (χ3v) is 4.76. The van der Waals surface area contributed by atoms with Gasteiger partial charge in [-0.3, -0.25) is 4.79 Å². The Kier molecular flexibility index (Phi) is 13.0. The van der Waals surface area contributed by atoms with Crippen LogP contribution in [0.2, 0.25) is 0 Å². The van der Waals surface area contributed by atoms with Gasteiger partial charge in [0.15, 0.2) is 5.78 Å². The number of ether oxygens (including phenoxy) is 3. The van der Waals surface area contributed by atoms with E-state index in [4.69, 9.17) is 14.2 Å². The fourth-order valence-electron chi connectivity index (χ4n) is 3.05. The number of methoxy groups -OCH3 is 3. The van der Waals surface area contributed by atoms with Gasteiger partial charge in [-0.15, -0.1) is 0 Å². The average Bonchev–Trinajstić information content (AvgIpc) is 2.62. The summed E-state index contributed by atoms with van der Waals surface area (Å²) in [5.74, 6) is -1.11. The molecule has 1 N–H and O–H groups in total. The molecule has 0 saturated heterocycles. The molecule has 25 heavy (non-hydrogen) atoms. The highest BCUT2D eigenvalue weighted by atomic mass is 16.9. The van der Waals surface area contributed by atoms with Gasteiger partial charge in [0, 0.05) is 27.8 Å². The van der Waals surface area contributed by atoms with Crippen LogP contribution in [0, 0.1) is 5.92 Å². The van der Waals surface area contributed by atoms with E-state index in [1.807, 2.05) is 0 Å². The van der Waals surface area contributed by atoms with E-state index < -0.39 is 12.1 Å². The molecule has 0 spiro atoms. The molecule has 0 aromatic rings. The lowest BCUT2D eigenvalue weighted by Crippen LogP contribution is -2.38. The van der Waals surface area contributed by atoms with Gasteiger partial charge in [0.25, 0.3) is 5.97 Å². The molecule has 2 atom stereocenters. The number of Topliss-reactive ketones (excluding diaryl/α,β-unsaturated/α-hetero) is 1. The highest BCUT2D eigenvalue weighted by Crippen LogP contribution is 2.30. The zero-order valence-corrected chi connectivity index (χ0v) is 16.8. The van der Waals surface area contributed by atoms with Crippen molar-refractivity contribution in [3.63, 3.8) is 0 Å². The summed E-state index contributed by atoms with van der Waals surface area (Å²) in [7, 11) is 4.68. The van der Waals surface area contributed by atoms with Gasteiger partial charge >= 0.3 is 0 Å². The maximum atomic E-state index is 11.8. The zero-order valence-electron chi connectivity index (χ0n) is 16.8. The van der Waals surface area contributed by atoms with E-state index in [0.29, 0.717) is 24.8 Å².